The van der Waals surface area contributed by atoms with E-state index in [0.29, 0.717) is 21.9 Å². The molecular weight excluding hydrogens is 474 g/mol. The van der Waals surface area contributed by atoms with Crippen LogP contribution in [0.5, 0.6) is 0 Å². The SMILES string of the molecule is CCn1c(NNC(=O)CCNS(=O)(=O)c2ccccc2Br)nc2ccccc2c1=O. The van der Waals surface area contributed by atoms with E-state index in [1.54, 1.807) is 49.4 Å². The Morgan fingerprint density at radius 2 is 1.83 bits per heavy atom. The van der Waals surface area contributed by atoms with E-state index in [2.05, 4.69) is 36.5 Å². The maximum atomic E-state index is 12.6. The number of hydrazine groups is 1. The Balaban J connectivity index is 1.61. The summed E-state index contributed by atoms with van der Waals surface area (Å²) in [6.07, 6.45) is -0.110. The molecule has 3 N–H and O–H groups in total. The van der Waals surface area contributed by atoms with E-state index in [-0.39, 0.29) is 29.4 Å². The minimum atomic E-state index is -3.75. The third-order valence-corrected chi connectivity index (χ3v) is 6.74. The van der Waals surface area contributed by atoms with Crippen LogP contribution in [0.3, 0.4) is 0 Å². The lowest BCUT2D eigenvalue weighted by Gasteiger charge is -2.14. The zero-order chi connectivity index (χ0) is 21.7. The molecule has 3 rings (SSSR count). The number of hydrogen-bond donors (Lipinski definition) is 3. The molecule has 0 saturated carbocycles. The molecule has 1 amide bonds. The van der Waals surface area contributed by atoms with Crippen LogP contribution in [0.25, 0.3) is 10.9 Å². The number of rotatable bonds is 8. The molecule has 0 bridgehead atoms. The van der Waals surface area contributed by atoms with Gasteiger partial charge >= 0.3 is 0 Å². The minimum Gasteiger partial charge on any atom is -0.277 e. The predicted molar refractivity (Wildman–Crippen MR) is 117 cm³/mol. The first-order chi connectivity index (χ1) is 14.3. The average molecular weight is 494 g/mol. The molecule has 0 unspecified atom stereocenters. The fourth-order valence-corrected chi connectivity index (χ4v) is 4.82. The average Bonchev–Trinajstić information content (AvgIpc) is 2.72. The molecule has 0 spiro atoms. The van der Waals surface area contributed by atoms with Gasteiger partial charge in [-0.2, -0.15) is 0 Å². The number of nitrogens with one attached hydrogen (secondary N) is 3. The van der Waals surface area contributed by atoms with Gasteiger partial charge in [-0.1, -0.05) is 24.3 Å². The first-order valence-corrected chi connectivity index (χ1v) is 11.4. The van der Waals surface area contributed by atoms with Gasteiger partial charge in [0.15, 0.2) is 0 Å². The molecule has 2 aromatic carbocycles. The van der Waals surface area contributed by atoms with Crippen molar-refractivity contribution in [1.29, 1.82) is 0 Å². The molecule has 0 aliphatic rings. The van der Waals surface area contributed by atoms with Crippen LogP contribution >= 0.6 is 15.9 Å². The largest absolute Gasteiger partial charge is 0.277 e. The highest BCUT2D eigenvalue weighted by atomic mass is 79.9. The van der Waals surface area contributed by atoms with Crippen LogP contribution in [-0.4, -0.2) is 30.4 Å². The van der Waals surface area contributed by atoms with Gasteiger partial charge in [0.25, 0.3) is 5.56 Å². The molecule has 0 radical (unpaired) electrons. The Hall–Kier alpha value is -2.76. The Bertz CT molecular complexity index is 1240. The van der Waals surface area contributed by atoms with Crippen molar-refractivity contribution in [3.05, 3.63) is 63.4 Å². The molecule has 11 heteroatoms. The van der Waals surface area contributed by atoms with Gasteiger partial charge in [-0.3, -0.25) is 25.0 Å². The van der Waals surface area contributed by atoms with Gasteiger partial charge in [0.05, 0.1) is 15.8 Å². The van der Waals surface area contributed by atoms with Crippen LogP contribution in [0.1, 0.15) is 13.3 Å². The summed E-state index contributed by atoms with van der Waals surface area (Å²) >= 11 is 3.20. The molecule has 158 valence electrons. The summed E-state index contributed by atoms with van der Waals surface area (Å²) in [5.41, 5.74) is 5.38. The molecule has 0 saturated heterocycles. The van der Waals surface area contributed by atoms with Crippen LogP contribution in [0.15, 0.2) is 62.7 Å². The number of hydrogen-bond acceptors (Lipinski definition) is 6. The number of para-hydroxylation sites is 1. The molecule has 0 fully saturated rings. The number of carbonyl (C=O) groups excluding carboxylic acids is 1. The summed E-state index contributed by atoms with van der Waals surface area (Å²) in [7, 11) is -3.75. The van der Waals surface area contributed by atoms with E-state index in [1.165, 1.54) is 10.6 Å². The molecule has 0 atom stereocenters. The first kappa shape index (κ1) is 21.9. The number of fused-ring (bicyclic) bond motifs is 1. The summed E-state index contributed by atoms with van der Waals surface area (Å²) in [5.74, 6) is -0.266. The second-order valence-corrected chi connectivity index (χ2v) is 8.84. The van der Waals surface area contributed by atoms with Crippen LogP contribution in [0.4, 0.5) is 5.95 Å². The zero-order valence-electron chi connectivity index (χ0n) is 16.1. The summed E-state index contributed by atoms with van der Waals surface area (Å²) in [6, 6.07) is 13.3. The summed E-state index contributed by atoms with van der Waals surface area (Å²) in [5, 5.41) is 0.484. The third kappa shape index (κ3) is 4.86. The van der Waals surface area contributed by atoms with Crippen molar-refractivity contribution in [2.45, 2.75) is 24.8 Å². The number of anilines is 1. The maximum absolute atomic E-state index is 12.6. The van der Waals surface area contributed by atoms with Gasteiger partial charge in [-0.15, -0.1) is 0 Å². The minimum absolute atomic E-state index is 0.0934. The number of aromatic nitrogens is 2. The van der Waals surface area contributed by atoms with E-state index in [1.807, 2.05) is 0 Å². The topological polar surface area (TPSA) is 122 Å². The summed E-state index contributed by atoms with van der Waals surface area (Å²) < 4.78 is 28.9. The fourth-order valence-electron chi connectivity index (χ4n) is 2.78. The lowest BCUT2D eigenvalue weighted by molar-refractivity contribution is -0.120. The van der Waals surface area contributed by atoms with Crippen LogP contribution in [0, 0.1) is 0 Å². The van der Waals surface area contributed by atoms with Crippen LogP contribution < -0.4 is 21.1 Å². The van der Waals surface area contributed by atoms with Gasteiger partial charge in [0.2, 0.25) is 21.9 Å². The quantitative estimate of drug-likeness (QED) is 0.412. The predicted octanol–water partition coefficient (Wildman–Crippen LogP) is 1.99. The maximum Gasteiger partial charge on any atom is 0.262 e. The Morgan fingerprint density at radius 1 is 1.13 bits per heavy atom. The summed E-state index contributed by atoms with van der Waals surface area (Å²) in [4.78, 5) is 29.1. The Morgan fingerprint density at radius 3 is 2.57 bits per heavy atom. The van der Waals surface area contributed by atoms with E-state index in [9.17, 15) is 18.0 Å². The molecule has 1 heterocycles. The Labute approximate surface area is 181 Å². The van der Waals surface area contributed by atoms with Crippen molar-refractivity contribution >= 4 is 48.7 Å². The lowest BCUT2D eigenvalue weighted by atomic mass is 10.2. The number of halogens is 1. The highest BCUT2D eigenvalue weighted by Gasteiger charge is 2.17. The van der Waals surface area contributed by atoms with E-state index >= 15 is 0 Å². The van der Waals surface area contributed by atoms with Crippen molar-refractivity contribution in [1.82, 2.24) is 19.7 Å². The van der Waals surface area contributed by atoms with Crippen molar-refractivity contribution in [2.24, 2.45) is 0 Å². The third-order valence-electron chi connectivity index (χ3n) is 4.26. The van der Waals surface area contributed by atoms with Crippen LogP contribution in [0.2, 0.25) is 0 Å². The smallest absolute Gasteiger partial charge is 0.262 e. The highest BCUT2D eigenvalue weighted by Crippen LogP contribution is 2.20. The number of sulfonamides is 1. The van der Waals surface area contributed by atoms with Gasteiger partial charge in [0, 0.05) is 24.0 Å². The molecule has 0 aliphatic carbocycles. The zero-order valence-corrected chi connectivity index (χ0v) is 18.5. The molecule has 30 heavy (non-hydrogen) atoms. The molecule has 0 aliphatic heterocycles. The van der Waals surface area contributed by atoms with Crippen LogP contribution in [-0.2, 0) is 21.4 Å². The normalized spacial score (nSPS) is 11.4. The van der Waals surface area contributed by atoms with Crippen molar-refractivity contribution in [3.8, 4) is 0 Å². The molecular formula is C19H20BrN5O4S. The first-order valence-electron chi connectivity index (χ1n) is 9.12. The van der Waals surface area contributed by atoms with Gasteiger partial charge in [-0.25, -0.2) is 18.1 Å². The monoisotopic (exact) mass is 493 g/mol. The van der Waals surface area contributed by atoms with Crippen molar-refractivity contribution < 1.29 is 13.2 Å². The summed E-state index contributed by atoms with van der Waals surface area (Å²) in [6.45, 7) is 2.06. The lowest BCUT2D eigenvalue weighted by Crippen LogP contribution is -2.36. The van der Waals surface area contributed by atoms with E-state index in [4.69, 9.17) is 0 Å². The van der Waals surface area contributed by atoms with Gasteiger partial charge < -0.3 is 0 Å². The van der Waals surface area contributed by atoms with Crippen molar-refractivity contribution in [3.63, 3.8) is 0 Å². The molecule has 1 aromatic heterocycles. The van der Waals surface area contributed by atoms with Crippen molar-refractivity contribution in [2.75, 3.05) is 12.0 Å². The standard InChI is InChI=1S/C19H20BrN5O4S/c1-2-25-18(27)13-7-3-5-9-15(13)22-19(25)24-23-17(26)11-12-21-30(28,29)16-10-6-4-8-14(16)20/h3-10,21H,2,11-12H2,1H3,(H,22,24)(H,23,26). The van der Waals surface area contributed by atoms with Gasteiger partial charge in [-0.05, 0) is 47.1 Å². The second-order valence-electron chi connectivity index (χ2n) is 6.25. The van der Waals surface area contributed by atoms with E-state index < -0.39 is 15.9 Å². The second kappa shape index (κ2) is 9.37. The highest BCUT2D eigenvalue weighted by molar-refractivity contribution is 9.10. The van der Waals surface area contributed by atoms with E-state index in [0.717, 1.165) is 0 Å². The number of benzene rings is 2. The van der Waals surface area contributed by atoms with Gasteiger partial charge in [0.1, 0.15) is 0 Å². The fraction of sp³-hybridized carbons (Fsp3) is 0.211. The molecule has 3 aromatic rings. The number of carbonyl (C=O) groups is 1. The molecule has 9 nitrogen and oxygen atoms in total. The number of nitrogens with zero attached hydrogens (tertiary/aromatic N) is 2. The Kier molecular flexibility index (Phi) is 6.85. The number of amides is 1.